The van der Waals surface area contributed by atoms with Gasteiger partial charge in [0.25, 0.3) is 5.91 Å². The lowest BCUT2D eigenvalue weighted by atomic mass is 10.4. The van der Waals surface area contributed by atoms with Crippen LogP contribution in [0.2, 0.25) is 0 Å². The summed E-state index contributed by atoms with van der Waals surface area (Å²) in [6.07, 6.45) is 1.82. The minimum absolute atomic E-state index is 0.185. The lowest BCUT2D eigenvalue weighted by molar-refractivity contribution is -0.130. The van der Waals surface area contributed by atoms with Gasteiger partial charge in [-0.05, 0) is 19.9 Å². The molecule has 0 saturated carbocycles. The fourth-order valence-electron chi connectivity index (χ4n) is 0.712. The highest BCUT2D eigenvalue weighted by molar-refractivity contribution is 6.02. The molecule has 74 valence electrons. The van der Waals surface area contributed by atoms with Gasteiger partial charge in [-0.3, -0.25) is 14.9 Å². The second kappa shape index (κ2) is 6.22. The standard InChI is InChI=1S/C9H15NO3/c1-4-7(13-6-3)9(12)10-8(11)5-2/h4H,5-6H2,1-3H3,(H,10,11,12). The summed E-state index contributed by atoms with van der Waals surface area (Å²) in [7, 11) is 0. The van der Waals surface area contributed by atoms with Crippen LogP contribution in [0.1, 0.15) is 27.2 Å². The Balaban J connectivity index is 4.15. The highest BCUT2D eigenvalue weighted by atomic mass is 16.5. The van der Waals surface area contributed by atoms with Crippen molar-refractivity contribution in [3.05, 3.63) is 11.8 Å². The number of hydrogen-bond donors (Lipinski definition) is 1. The van der Waals surface area contributed by atoms with Crippen LogP contribution < -0.4 is 5.32 Å². The molecule has 0 saturated heterocycles. The zero-order valence-electron chi connectivity index (χ0n) is 8.22. The monoisotopic (exact) mass is 185 g/mol. The first-order valence-corrected chi connectivity index (χ1v) is 4.28. The van der Waals surface area contributed by atoms with Gasteiger partial charge in [0.2, 0.25) is 5.91 Å². The van der Waals surface area contributed by atoms with Gasteiger partial charge in [0.1, 0.15) is 0 Å². The van der Waals surface area contributed by atoms with Crippen molar-refractivity contribution in [1.29, 1.82) is 0 Å². The number of nitrogens with one attached hydrogen (secondary N) is 1. The second-order valence-corrected chi connectivity index (χ2v) is 2.32. The molecule has 0 unspecified atom stereocenters. The molecule has 0 aromatic carbocycles. The van der Waals surface area contributed by atoms with Crippen molar-refractivity contribution < 1.29 is 14.3 Å². The predicted molar refractivity (Wildman–Crippen MR) is 48.8 cm³/mol. The van der Waals surface area contributed by atoms with Crippen LogP contribution in [-0.2, 0) is 14.3 Å². The van der Waals surface area contributed by atoms with E-state index in [2.05, 4.69) is 5.32 Å². The summed E-state index contributed by atoms with van der Waals surface area (Å²) < 4.78 is 5.00. The quantitative estimate of drug-likeness (QED) is 0.524. The van der Waals surface area contributed by atoms with Crippen molar-refractivity contribution in [3.63, 3.8) is 0 Å². The van der Waals surface area contributed by atoms with Crippen molar-refractivity contribution in [1.82, 2.24) is 5.32 Å². The number of carbonyl (C=O) groups is 2. The minimum Gasteiger partial charge on any atom is -0.488 e. The Morgan fingerprint density at radius 3 is 2.38 bits per heavy atom. The maximum absolute atomic E-state index is 11.2. The predicted octanol–water partition coefficient (Wildman–Crippen LogP) is 0.980. The normalized spacial score (nSPS) is 10.8. The van der Waals surface area contributed by atoms with E-state index < -0.39 is 5.91 Å². The molecule has 4 heteroatoms. The minimum atomic E-state index is -0.476. The molecule has 2 amide bonds. The lowest BCUT2D eigenvalue weighted by Gasteiger charge is -2.06. The highest BCUT2D eigenvalue weighted by Gasteiger charge is 2.11. The molecule has 0 atom stereocenters. The molecule has 0 heterocycles. The van der Waals surface area contributed by atoms with E-state index in [4.69, 9.17) is 4.74 Å². The van der Waals surface area contributed by atoms with Gasteiger partial charge in [-0.25, -0.2) is 0 Å². The number of rotatable bonds is 4. The molecule has 0 bridgehead atoms. The Bertz CT molecular complexity index is 221. The topological polar surface area (TPSA) is 55.4 Å². The first-order valence-electron chi connectivity index (χ1n) is 4.28. The largest absolute Gasteiger partial charge is 0.488 e. The summed E-state index contributed by atoms with van der Waals surface area (Å²) in [6.45, 7) is 5.55. The van der Waals surface area contributed by atoms with E-state index in [9.17, 15) is 9.59 Å². The van der Waals surface area contributed by atoms with Crippen LogP contribution in [0.3, 0.4) is 0 Å². The summed E-state index contributed by atoms with van der Waals surface area (Å²) in [5, 5.41) is 2.19. The highest BCUT2D eigenvalue weighted by Crippen LogP contribution is 1.96. The second-order valence-electron chi connectivity index (χ2n) is 2.32. The molecule has 0 aliphatic rings. The van der Waals surface area contributed by atoms with E-state index in [0.29, 0.717) is 6.61 Å². The summed E-state index contributed by atoms with van der Waals surface area (Å²) in [5.74, 6) is -0.593. The Kier molecular flexibility index (Phi) is 5.59. The van der Waals surface area contributed by atoms with Crippen LogP contribution in [0, 0.1) is 0 Å². The maximum Gasteiger partial charge on any atom is 0.292 e. The van der Waals surface area contributed by atoms with E-state index in [-0.39, 0.29) is 18.1 Å². The molecule has 13 heavy (non-hydrogen) atoms. The maximum atomic E-state index is 11.2. The van der Waals surface area contributed by atoms with Gasteiger partial charge in [-0.15, -0.1) is 0 Å². The van der Waals surface area contributed by atoms with E-state index in [1.54, 1.807) is 20.8 Å². The zero-order valence-corrected chi connectivity index (χ0v) is 8.22. The van der Waals surface area contributed by atoms with Crippen LogP contribution in [0.5, 0.6) is 0 Å². The molecule has 0 aromatic heterocycles. The number of hydrogen-bond acceptors (Lipinski definition) is 3. The smallest absolute Gasteiger partial charge is 0.292 e. The van der Waals surface area contributed by atoms with Crippen LogP contribution in [0.15, 0.2) is 11.8 Å². The van der Waals surface area contributed by atoms with Crippen molar-refractivity contribution in [3.8, 4) is 0 Å². The van der Waals surface area contributed by atoms with Crippen LogP contribution in [0.25, 0.3) is 0 Å². The summed E-state index contributed by atoms with van der Waals surface area (Å²) in [4.78, 5) is 22.0. The van der Waals surface area contributed by atoms with Gasteiger partial charge in [0.15, 0.2) is 5.76 Å². The lowest BCUT2D eigenvalue weighted by Crippen LogP contribution is -2.31. The molecular weight excluding hydrogens is 170 g/mol. The number of imide groups is 1. The van der Waals surface area contributed by atoms with Gasteiger partial charge in [0, 0.05) is 6.42 Å². The van der Waals surface area contributed by atoms with Gasteiger partial charge < -0.3 is 4.74 Å². The molecular formula is C9H15NO3. The molecule has 1 N–H and O–H groups in total. The Hall–Kier alpha value is -1.32. The Labute approximate surface area is 78.0 Å². The van der Waals surface area contributed by atoms with Crippen LogP contribution in [-0.4, -0.2) is 18.4 Å². The van der Waals surface area contributed by atoms with Gasteiger partial charge >= 0.3 is 0 Å². The molecule has 0 aliphatic heterocycles. The van der Waals surface area contributed by atoms with E-state index in [0.717, 1.165) is 0 Å². The van der Waals surface area contributed by atoms with Gasteiger partial charge in [-0.1, -0.05) is 6.92 Å². The van der Waals surface area contributed by atoms with E-state index >= 15 is 0 Å². The summed E-state index contributed by atoms with van der Waals surface area (Å²) >= 11 is 0. The fraction of sp³-hybridized carbons (Fsp3) is 0.556. The molecule has 0 radical (unpaired) electrons. The molecule has 0 spiro atoms. The number of allylic oxidation sites excluding steroid dienone is 1. The third kappa shape index (κ3) is 4.30. The summed E-state index contributed by atoms with van der Waals surface area (Å²) in [6, 6.07) is 0. The van der Waals surface area contributed by atoms with Gasteiger partial charge in [-0.2, -0.15) is 0 Å². The molecule has 4 nitrogen and oxygen atoms in total. The third-order valence-electron chi connectivity index (χ3n) is 1.36. The average Bonchev–Trinajstić information content (AvgIpc) is 2.13. The molecule has 0 rings (SSSR count). The fourth-order valence-corrected chi connectivity index (χ4v) is 0.712. The summed E-state index contributed by atoms with van der Waals surface area (Å²) in [5.41, 5.74) is 0. The van der Waals surface area contributed by atoms with Crippen molar-refractivity contribution in [2.24, 2.45) is 0 Å². The third-order valence-corrected chi connectivity index (χ3v) is 1.36. The van der Waals surface area contributed by atoms with Crippen LogP contribution in [0.4, 0.5) is 0 Å². The van der Waals surface area contributed by atoms with Gasteiger partial charge in [0.05, 0.1) is 6.61 Å². The SMILES string of the molecule is CC=C(OCC)C(=O)NC(=O)CC. The molecule has 0 fully saturated rings. The number of amides is 2. The van der Waals surface area contributed by atoms with E-state index in [1.165, 1.54) is 6.08 Å². The number of carbonyl (C=O) groups excluding carboxylic acids is 2. The zero-order chi connectivity index (χ0) is 10.3. The first-order chi connectivity index (χ1) is 6.15. The van der Waals surface area contributed by atoms with Crippen molar-refractivity contribution in [2.75, 3.05) is 6.61 Å². The van der Waals surface area contributed by atoms with Crippen molar-refractivity contribution in [2.45, 2.75) is 27.2 Å². The molecule has 0 aliphatic carbocycles. The number of ether oxygens (including phenoxy) is 1. The molecule has 0 aromatic rings. The average molecular weight is 185 g/mol. The Morgan fingerprint density at radius 2 is 2.00 bits per heavy atom. The van der Waals surface area contributed by atoms with E-state index in [1.807, 2.05) is 0 Å². The van der Waals surface area contributed by atoms with Crippen LogP contribution >= 0.6 is 0 Å². The van der Waals surface area contributed by atoms with Crippen molar-refractivity contribution >= 4 is 11.8 Å². The Morgan fingerprint density at radius 1 is 1.38 bits per heavy atom. The first kappa shape index (κ1) is 11.7.